The first kappa shape index (κ1) is 27.9. The first-order valence-corrected chi connectivity index (χ1v) is 13.6. The Balaban J connectivity index is 1.22. The average Bonchev–Trinajstić information content (AvgIpc) is 3.27. The van der Waals surface area contributed by atoms with Gasteiger partial charge in [-0.2, -0.15) is 0 Å². The summed E-state index contributed by atoms with van der Waals surface area (Å²) < 4.78 is 5.61. The zero-order valence-electron chi connectivity index (χ0n) is 22.3. The van der Waals surface area contributed by atoms with Crippen LogP contribution in [0.3, 0.4) is 0 Å². The van der Waals surface area contributed by atoms with E-state index in [1.165, 1.54) is 27.2 Å². The molecular formula is C32H36N2O5. The Hall–Kier alpha value is -4.13. The molecule has 4 rings (SSSR count). The fraction of sp³-hybridized carbons (Fsp3) is 0.344. The van der Waals surface area contributed by atoms with Crippen LogP contribution in [0.1, 0.15) is 55.2 Å². The summed E-state index contributed by atoms with van der Waals surface area (Å²) in [5, 5.41) is 12.1. The van der Waals surface area contributed by atoms with Crippen molar-refractivity contribution < 1.29 is 24.2 Å². The molecule has 1 aliphatic rings. The molecule has 7 heteroatoms. The second-order valence-corrected chi connectivity index (χ2v) is 9.98. The third-order valence-corrected chi connectivity index (χ3v) is 7.40. The van der Waals surface area contributed by atoms with Crippen LogP contribution in [0.25, 0.3) is 11.1 Å². The van der Waals surface area contributed by atoms with Crippen molar-refractivity contribution in [2.75, 3.05) is 19.7 Å². The Morgan fingerprint density at radius 2 is 1.51 bits per heavy atom. The number of nitrogens with zero attached hydrogens (tertiary/aromatic N) is 1. The number of aliphatic carboxylic acids is 1. The van der Waals surface area contributed by atoms with Crippen LogP contribution in [0.4, 0.5) is 4.79 Å². The maximum absolute atomic E-state index is 12.8. The van der Waals surface area contributed by atoms with Crippen molar-refractivity contribution in [1.82, 2.24) is 10.2 Å². The van der Waals surface area contributed by atoms with Gasteiger partial charge in [0.15, 0.2) is 0 Å². The van der Waals surface area contributed by atoms with E-state index in [4.69, 9.17) is 4.74 Å². The first-order valence-electron chi connectivity index (χ1n) is 13.6. The Kier molecular flexibility index (Phi) is 9.73. The number of fused-ring (bicyclic) bond motifs is 3. The summed E-state index contributed by atoms with van der Waals surface area (Å²) in [7, 11) is 0. The van der Waals surface area contributed by atoms with Gasteiger partial charge in [0.25, 0.3) is 0 Å². The van der Waals surface area contributed by atoms with Crippen LogP contribution in [0.5, 0.6) is 0 Å². The largest absolute Gasteiger partial charge is 0.480 e. The van der Waals surface area contributed by atoms with E-state index in [-0.39, 0.29) is 43.9 Å². The van der Waals surface area contributed by atoms with E-state index in [0.717, 1.165) is 12.0 Å². The number of hydrogen-bond donors (Lipinski definition) is 2. The number of carbonyl (C=O) groups excluding carboxylic acids is 2. The Morgan fingerprint density at radius 1 is 0.897 bits per heavy atom. The van der Waals surface area contributed by atoms with Crippen molar-refractivity contribution in [1.29, 1.82) is 0 Å². The molecule has 1 aliphatic carbocycles. The van der Waals surface area contributed by atoms with Crippen molar-refractivity contribution in [2.24, 2.45) is 5.92 Å². The van der Waals surface area contributed by atoms with E-state index in [9.17, 15) is 19.5 Å². The number of hydrogen-bond acceptors (Lipinski definition) is 4. The molecule has 0 bridgehead atoms. The highest BCUT2D eigenvalue weighted by molar-refractivity contribution is 5.81. The minimum atomic E-state index is -1.03. The number of carboxylic acid groups (broad SMARTS) is 1. The van der Waals surface area contributed by atoms with Crippen LogP contribution in [0.2, 0.25) is 0 Å². The number of alkyl carbamates (subject to hydrolysis) is 1. The summed E-state index contributed by atoms with van der Waals surface area (Å²) in [5.41, 5.74) is 5.62. The van der Waals surface area contributed by atoms with Crippen LogP contribution in [-0.4, -0.2) is 47.7 Å². The number of carboxylic acids is 1. The van der Waals surface area contributed by atoms with Crippen molar-refractivity contribution in [2.45, 2.75) is 45.1 Å². The molecule has 3 aromatic carbocycles. The normalized spacial score (nSPS) is 12.7. The smallest absolute Gasteiger partial charge is 0.407 e. The molecule has 7 nitrogen and oxygen atoms in total. The van der Waals surface area contributed by atoms with Crippen LogP contribution < -0.4 is 5.32 Å². The summed E-state index contributed by atoms with van der Waals surface area (Å²) in [6.07, 6.45) is 2.03. The molecule has 0 aromatic heterocycles. The lowest BCUT2D eigenvalue weighted by Gasteiger charge is -2.22. The second kappa shape index (κ2) is 13.6. The van der Waals surface area contributed by atoms with Crippen LogP contribution in [0, 0.1) is 5.92 Å². The number of ether oxygens (including phenoxy) is 1. The van der Waals surface area contributed by atoms with Gasteiger partial charge in [-0.15, -0.1) is 0 Å². The number of nitrogens with one attached hydrogen (secondary N) is 1. The molecule has 0 aliphatic heterocycles. The molecule has 1 atom stereocenters. The monoisotopic (exact) mass is 528 g/mol. The predicted molar refractivity (Wildman–Crippen MR) is 150 cm³/mol. The molecule has 0 spiro atoms. The molecule has 2 amide bonds. The highest BCUT2D eigenvalue weighted by atomic mass is 16.5. The van der Waals surface area contributed by atoms with Crippen molar-refractivity contribution >= 4 is 18.0 Å². The van der Waals surface area contributed by atoms with Crippen molar-refractivity contribution in [3.05, 3.63) is 95.6 Å². The van der Waals surface area contributed by atoms with Crippen LogP contribution >= 0.6 is 0 Å². The minimum Gasteiger partial charge on any atom is -0.480 e. The van der Waals surface area contributed by atoms with Gasteiger partial charge in [-0.1, -0.05) is 92.2 Å². The van der Waals surface area contributed by atoms with Crippen LogP contribution in [-0.2, 0) is 20.9 Å². The SMILES string of the molecule is CCC(CCNC(=O)OCC1c2ccccc2-c2ccccc21)CCC(=O)N(CC(=O)O)Cc1ccccc1. The van der Waals surface area contributed by atoms with Crippen molar-refractivity contribution in [3.8, 4) is 11.1 Å². The Labute approximate surface area is 229 Å². The standard InChI is InChI=1S/C32H36N2O5/c1-2-23(16-17-30(35)34(21-31(36)37)20-24-10-4-3-5-11-24)18-19-33-32(38)39-22-29-27-14-8-6-12-25(27)26-13-7-9-15-28(26)29/h3-15,23,29H,2,16-22H2,1H3,(H,33,38)(H,36,37). The molecule has 0 heterocycles. The lowest BCUT2D eigenvalue weighted by Crippen LogP contribution is -2.35. The number of rotatable bonds is 13. The van der Waals surface area contributed by atoms with Gasteiger partial charge < -0.3 is 20.1 Å². The van der Waals surface area contributed by atoms with E-state index in [2.05, 4.69) is 36.5 Å². The Bertz CT molecular complexity index is 1230. The molecule has 204 valence electrons. The van der Waals surface area contributed by atoms with Gasteiger partial charge in [0.05, 0.1) is 0 Å². The van der Waals surface area contributed by atoms with E-state index in [1.807, 2.05) is 54.6 Å². The second-order valence-electron chi connectivity index (χ2n) is 9.98. The lowest BCUT2D eigenvalue weighted by molar-refractivity contribution is -0.145. The maximum Gasteiger partial charge on any atom is 0.407 e. The first-order chi connectivity index (χ1) is 19.0. The summed E-state index contributed by atoms with van der Waals surface area (Å²) in [6, 6.07) is 25.8. The topological polar surface area (TPSA) is 95.9 Å². The van der Waals surface area contributed by atoms with Gasteiger partial charge in [0.1, 0.15) is 13.2 Å². The van der Waals surface area contributed by atoms with E-state index in [1.54, 1.807) is 0 Å². The molecule has 0 saturated heterocycles. The zero-order valence-corrected chi connectivity index (χ0v) is 22.3. The maximum atomic E-state index is 12.8. The van der Waals surface area contributed by atoms with Gasteiger partial charge in [0, 0.05) is 25.4 Å². The van der Waals surface area contributed by atoms with Gasteiger partial charge in [-0.05, 0) is 46.6 Å². The number of carbonyl (C=O) groups is 3. The lowest BCUT2D eigenvalue weighted by atomic mass is 9.96. The summed E-state index contributed by atoms with van der Waals surface area (Å²) >= 11 is 0. The van der Waals surface area contributed by atoms with Gasteiger partial charge >= 0.3 is 12.1 Å². The summed E-state index contributed by atoms with van der Waals surface area (Å²) in [5.74, 6) is -0.962. The molecule has 0 saturated carbocycles. The summed E-state index contributed by atoms with van der Waals surface area (Å²) in [6.45, 7) is 2.72. The van der Waals surface area contributed by atoms with Gasteiger partial charge in [-0.3, -0.25) is 9.59 Å². The van der Waals surface area contributed by atoms with Crippen LogP contribution in [0.15, 0.2) is 78.9 Å². The molecule has 3 aromatic rings. The third-order valence-electron chi connectivity index (χ3n) is 7.40. The fourth-order valence-corrected chi connectivity index (χ4v) is 5.27. The van der Waals surface area contributed by atoms with Gasteiger partial charge in [-0.25, -0.2) is 4.79 Å². The average molecular weight is 529 g/mol. The quantitative estimate of drug-likeness (QED) is 0.291. The fourth-order valence-electron chi connectivity index (χ4n) is 5.27. The predicted octanol–water partition coefficient (Wildman–Crippen LogP) is 5.84. The Morgan fingerprint density at radius 3 is 2.13 bits per heavy atom. The molecule has 2 N–H and O–H groups in total. The third kappa shape index (κ3) is 7.47. The summed E-state index contributed by atoms with van der Waals surface area (Å²) in [4.78, 5) is 38.0. The van der Waals surface area contributed by atoms with E-state index < -0.39 is 12.1 Å². The molecule has 39 heavy (non-hydrogen) atoms. The zero-order chi connectivity index (χ0) is 27.6. The van der Waals surface area contributed by atoms with Crippen molar-refractivity contribution in [3.63, 3.8) is 0 Å². The van der Waals surface area contributed by atoms with Gasteiger partial charge in [0.2, 0.25) is 5.91 Å². The molecule has 0 radical (unpaired) electrons. The molecular weight excluding hydrogens is 492 g/mol. The minimum absolute atomic E-state index is 0.0159. The highest BCUT2D eigenvalue weighted by Crippen LogP contribution is 2.44. The highest BCUT2D eigenvalue weighted by Gasteiger charge is 2.29. The van der Waals surface area contributed by atoms with E-state index in [0.29, 0.717) is 19.4 Å². The molecule has 0 fully saturated rings. The number of amides is 2. The molecule has 1 unspecified atom stereocenters. The van der Waals surface area contributed by atoms with E-state index >= 15 is 0 Å². The number of benzene rings is 3.